The zero-order chi connectivity index (χ0) is 20.3. The van der Waals surface area contributed by atoms with Crippen molar-refractivity contribution in [3.63, 3.8) is 0 Å². The average molecular weight is 409 g/mol. The lowest BCUT2D eigenvalue weighted by Gasteiger charge is -2.09. The Kier molecular flexibility index (Phi) is 5.74. The van der Waals surface area contributed by atoms with Gasteiger partial charge in [0.1, 0.15) is 0 Å². The second-order valence-corrected chi connectivity index (χ2v) is 6.81. The molecule has 1 saturated carbocycles. The lowest BCUT2D eigenvalue weighted by atomic mass is 10.1. The van der Waals surface area contributed by atoms with Crippen molar-refractivity contribution in [2.75, 3.05) is 10.6 Å². The van der Waals surface area contributed by atoms with Gasteiger partial charge in [-0.15, -0.1) is 0 Å². The Balaban J connectivity index is 1.66. The largest absolute Gasteiger partial charge is 0.416 e. The van der Waals surface area contributed by atoms with Crippen molar-refractivity contribution in [2.24, 2.45) is 5.92 Å². The zero-order valence-corrected chi connectivity index (χ0v) is 15.3. The lowest BCUT2D eigenvalue weighted by Crippen LogP contribution is -2.14. The molecule has 1 aliphatic rings. The second kappa shape index (κ2) is 8.06. The SMILES string of the molecule is O=C(/C=C/c1cc(C(F)(F)F)ccc1Cl)Nc1cccc(NC(=O)C2CC2)c1. The highest BCUT2D eigenvalue weighted by Crippen LogP contribution is 2.32. The molecule has 0 aromatic heterocycles. The molecule has 1 fully saturated rings. The average Bonchev–Trinajstić information content (AvgIpc) is 3.45. The number of carbonyl (C=O) groups excluding carboxylic acids is 2. The van der Waals surface area contributed by atoms with Gasteiger partial charge >= 0.3 is 6.18 Å². The van der Waals surface area contributed by atoms with Gasteiger partial charge in [0.15, 0.2) is 0 Å². The van der Waals surface area contributed by atoms with Gasteiger partial charge in [-0.05, 0) is 60.9 Å². The summed E-state index contributed by atoms with van der Waals surface area (Å²) in [6.07, 6.45) is -0.431. The number of anilines is 2. The molecule has 4 nitrogen and oxygen atoms in total. The maximum Gasteiger partial charge on any atom is 0.416 e. The van der Waals surface area contributed by atoms with Gasteiger partial charge in [-0.3, -0.25) is 9.59 Å². The normalized spacial score (nSPS) is 14.1. The Bertz CT molecular complexity index is 937. The molecular formula is C20H16ClF3N2O2. The Morgan fingerprint density at radius 3 is 2.36 bits per heavy atom. The third-order valence-electron chi connectivity index (χ3n) is 4.08. The van der Waals surface area contributed by atoms with E-state index in [1.54, 1.807) is 24.3 Å². The molecule has 2 aromatic carbocycles. The van der Waals surface area contributed by atoms with Crippen LogP contribution in [0.25, 0.3) is 6.08 Å². The maximum absolute atomic E-state index is 12.8. The minimum atomic E-state index is -4.50. The van der Waals surface area contributed by atoms with Gasteiger partial charge in [0.05, 0.1) is 5.56 Å². The molecule has 8 heteroatoms. The van der Waals surface area contributed by atoms with Crippen LogP contribution in [0.5, 0.6) is 0 Å². The van der Waals surface area contributed by atoms with Gasteiger partial charge in [0, 0.05) is 28.4 Å². The molecule has 1 aliphatic carbocycles. The van der Waals surface area contributed by atoms with E-state index in [0.29, 0.717) is 11.4 Å². The molecule has 0 aliphatic heterocycles. The molecule has 0 heterocycles. The van der Waals surface area contributed by atoms with Gasteiger partial charge in [-0.2, -0.15) is 13.2 Å². The first-order chi connectivity index (χ1) is 13.2. The summed E-state index contributed by atoms with van der Waals surface area (Å²) in [5, 5.41) is 5.46. The quantitative estimate of drug-likeness (QED) is 0.654. The number of nitrogens with one attached hydrogen (secondary N) is 2. The van der Waals surface area contributed by atoms with Crippen LogP contribution in [0.2, 0.25) is 5.02 Å². The molecule has 146 valence electrons. The first-order valence-electron chi connectivity index (χ1n) is 8.49. The van der Waals surface area contributed by atoms with Crippen LogP contribution in [0.4, 0.5) is 24.5 Å². The van der Waals surface area contributed by atoms with Crippen molar-refractivity contribution in [3.05, 3.63) is 64.7 Å². The van der Waals surface area contributed by atoms with Gasteiger partial charge in [-0.1, -0.05) is 17.7 Å². The molecule has 28 heavy (non-hydrogen) atoms. The number of rotatable bonds is 5. The number of hydrogen-bond donors (Lipinski definition) is 2. The molecule has 0 radical (unpaired) electrons. The van der Waals surface area contributed by atoms with Crippen LogP contribution in [-0.2, 0) is 15.8 Å². The summed E-state index contributed by atoms with van der Waals surface area (Å²) in [7, 11) is 0. The minimum Gasteiger partial charge on any atom is -0.326 e. The van der Waals surface area contributed by atoms with E-state index in [2.05, 4.69) is 10.6 Å². The smallest absolute Gasteiger partial charge is 0.326 e. The Morgan fingerprint density at radius 1 is 1.04 bits per heavy atom. The first kappa shape index (κ1) is 19.9. The van der Waals surface area contributed by atoms with E-state index in [1.165, 1.54) is 6.08 Å². The monoisotopic (exact) mass is 408 g/mol. The minimum absolute atomic E-state index is 0.0532. The van der Waals surface area contributed by atoms with Crippen LogP contribution in [0.1, 0.15) is 24.0 Å². The number of carbonyl (C=O) groups is 2. The van der Waals surface area contributed by atoms with Crippen LogP contribution < -0.4 is 10.6 Å². The van der Waals surface area contributed by atoms with E-state index in [-0.39, 0.29) is 22.4 Å². The number of benzene rings is 2. The van der Waals surface area contributed by atoms with E-state index in [9.17, 15) is 22.8 Å². The Hall–Kier alpha value is -2.80. The van der Waals surface area contributed by atoms with Gasteiger partial charge < -0.3 is 10.6 Å². The molecule has 3 rings (SSSR count). The van der Waals surface area contributed by atoms with Gasteiger partial charge in [0.25, 0.3) is 0 Å². The topological polar surface area (TPSA) is 58.2 Å². The van der Waals surface area contributed by atoms with Crippen LogP contribution >= 0.6 is 11.6 Å². The molecule has 2 amide bonds. The van der Waals surface area contributed by atoms with Crippen molar-refractivity contribution in [1.29, 1.82) is 0 Å². The summed E-state index contributed by atoms with van der Waals surface area (Å²) in [5.41, 5.74) is 0.228. The number of alkyl halides is 3. The molecular weight excluding hydrogens is 393 g/mol. The maximum atomic E-state index is 12.8. The molecule has 0 spiro atoms. The van der Waals surface area contributed by atoms with E-state index < -0.39 is 17.6 Å². The van der Waals surface area contributed by atoms with Gasteiger partial charge in [0.2, 0.25) is 11.8 Å². The standard InChI is InChI=1S/C20H16ClF3N2O2/c21-17-8-7-14(20(22,23)24)10-13(17)6-9-18(27)25-15-2-1-3-16(11-15)26-19(28)12-4-5-12/h1-3,6-12H,4-5H2,(H,25,27)(H,26,28)/b9-6+. The van der Waals surface area contributed by atoms with Crippen LogP contribution in [-0.4, -0.2) is 11.8 Å². The highest BCUT2D eigenvalue weighted by Gasteiger charge is 2.31. The number of halogens is 4. The number of hydrogen-bond acceptors (Lipinski definition) is 2. The lowest BCUT2D eigenvalue weighted by molar-refractivity contribution is -0.137. The van der Waals surface area contributed by atoms with Crippen LogP contribution in [0.3, 0.4) is 0 Å². The van der Waals surface area contributed by atoms with Crippen molar-refractivity contribution in [3.8, 4) is 0 Å². The van der Waals surface area contributed by atoms with E-state index in [1.807, 2.05) is 0 Å². The zero-order valence-electron chi connectivity index (χ0n) is 14.5. The van der Waals surface area contributed by atoms with Gasteiger partial charge in [-0.25, -0.2) is 0 Å². The molecule has 2 aromatic rings. The van der Waals surface area contributed by atoms with Crippen molar-refractivity contribution in [1.82, 2.24) is 0 Å². The Morgan fingerprint density at radius 2 is 1.71 bits per heavy atom. The van der Waals surface area contributed by atoms with Crippen molar-refractivity contribution in [2.45, 2.75) is 19.0 Å². The van der Waals surface area contributed by atoms with Crippen molar-refractivity contribution >= 4 is 40.9 Å². The predicted molar refractivity (Wildman–Crippen MR) is 102 cm³/mol. The summed E-state index contributed by atoms with van der Waals surface area (Å²) in [5.74, 6) is -0.542. The fraction of sp³-hybridized carbons (Fsp3) is 0.200. The fourth-order valence-electron chi connectivity index (χ4n) is 2.46. The van der Waals surface area contributed by atoms with Crippen molar-refractivity contribution < 1.29 is 22.8 Å². The molecule has 0 atom stereocenters. The highest BCUT2D eigenvalue weighted by molar-refractivity contribution is 6.32. The van der Waals surface area contributed by atoms with E-state index in [0.717, 1.165) is 37.1 Å². The predicted octanol–water partition coefficient (Wildman–Crippen LogP) is 5.36. The van der Waals surface area contributed by atoms with Crippen LogP contribution in [0.15, 0.2) is 48.5 Å². The van der Waals surface area contributed by atoms with E-state index >= 15 is 0 Å². The Labute approximate surface area is 164 Å². The summed E-state index contributed by atoms with van der Waals surface area (Å²) in [4.78, 5) is 23.9. The third kappa shape index (κ3) is 5.36. The molecule has 0 saturated heterocycles. The first-order valence-corrected chi connectivity index (χ1v) is 8.87. The molecule has 0 bridgehead atoms. The number of amides is 2. The van der Waals surface area contributed by atoms with E-state index in [4.69, 9.17) is 11.6 Å². The molecule has 0 unspecified atom stereocenters. The fourth-order valence-corrected chi connectivity index (χ4v) is 2.64. The molecule has 2 N–H and O–H groups in total. The highest BCUT2D eigenvalue weighted by atomic mass is 35.5. The second-order valence-electron chi connectivity index (χ2n) is 6.40. The summed E-state index contributed by atoms with van der Waals surface area (Å²) in [6.45, 7) is 0. The summed E-state index contributed by atoms with van der Waals surface area (Å²) >= 11 is 5.90. The summed E-state index contributed by atoms with van der Waals surface area (Å²) < 4.78 is 38.4. The third-order valence-corrected chi connectivity index (χ3v) is 4.43. The summed E-state index contributed by atoms with van der Waals surface area (Å²) in [6, 6.07) is 9.49. The van der Waals surface area contributed by atoms with Crippen LogP contribution in [0, 0.1) is 5.92 Å².